The summed E-state index contributed by atoms with van der Waals surface area (Å²) in [6.07, 6.45) is 41.9. The second-order valence-corrected chi connectivity index (χ2v) is 29.5. The standard InChI is InChI=1S/C40H58N8O2S.C37H54N8O2S/c1-3-4-5-6-7-8-9-10-11-12-13-14-15-16-17-18-38(49)48-27-25-47(26-28-48)37-30-35(42-36-29-31(2)45-46-36)43-40(44-37)51-34-23-21-33(22-24-34)41-39(50)32-19-20-32;1-3-4-5-6-7-8-9-10-11-12-13-14-15-35(46)45-24-22-44(23-25-45)34-27-32(39-33-26-28(2)42-43-33)40-37(41-34)48-31-20-18-30(19-21-31)38-36(47)29-16-17-29/h10-11,21-24,29-30,32H,3-9,12-20,25-28H2,1-2H3,(H,41,50)(H2,42,43,44,45,46);18-21,26-27,29H,3-17,22-25H2,1-2H3,(H,38,47)(H2,39,40,41,42,43)/b11-10+;. The molecule has 0 atom stereocenters. The van der Waals surface area contributed by atoms with Crippen molar-refractivity contribution in [2.45, 2.75) is 247 Å². The molecule has 2 aliphatic carbocycles. The van der Waals surface area contributed by atoms with Crippen LogP contribution in [-0.2, 0) is 19.2 Å². The molecule has 6 N–H and O–H groups in total. The number of H-pyrrole nitrogens is 2. The van der Waals surface area contributed by atoms with E-state index in [1.807, 2.05) is 96.4 Å². The Morgan fingerprint density at radius 1 is 0.434 bits per heavy atom. The Hall–Kier alpha value is -7.46. The molecule has 4 aromatic heterocycles. The van der Waals surface area contributed by atoms with Gasteiger partial charge < -0.3 is 40.9 Å². The number of allylic oxidation sites excluding steroid dienone is 2. The number of rotatable bonds is 42. The van der Waals surface area contributed by atoms with Crippen LogP contribution in [0.4, 0.5) is 46.3 Å². The van der Waals surface area contributed by atoms with E-state index in [0.717, 1.165) is 122 Å². The Morgan fingerprint density at radius 3 is 1.11 bits per heavy atom. The topological polar surface area (TPSA) is 238 Å². The molecule has 536 valence electrons. The molecule has 6 aromatic rings. The summed E-state index contributed by atoms with van der Waals surface area (Å²) in [6, 6.07) is 23.4. The maximum Gasteiger partial charge on any atom is 0.227 e. The third kappa shape index (κ3) is 27.9. The van der Waals surface area contributed by atoms with Gasteiger partial charge in [-0.15, -0.1) is 0 Å². The Labute approximate surface area is 597 Å². The van der Waals surface area contributed by atoms with Gasteiger partial charge >= 0.3 is 0 Å². The number of aromatic nitrogens is 8. The molecule has 4 amide bonds. The van der Waals surface area contributed by atoms with E-state index in [-0.39, 0.29) is 35.5 Å². The summed E-state index contributed by atoms with van der Waals surface area (Å²) in [5, 5.41) is 28.4. The van der Waals surface area contributed by atoms with Crippen LogP contribution in [-0.4, -0.2) is 126 Å². The van der Waals surface area contributed by atoms with Crippen molar-refractivity contribution in [2.24, 2.45) is 11.8 Å². The number of aryl methyl sites for hydroxylation is 2. The monoisotopic (exact) mass is 1390 g/mol. The number of carbonyl (C=O) groups is 4. The largest absolute Gasteiger partial charge is 0.353 e. The van der Waals surface area contributed by atoms with Crippen molar-refractivity contribution in [1.29, 1.82) is 0 Å². The van der Waals surface area contributed by atoms with Crippen molar-refractivity contribution in [3.05, 3.63) is 96.3 Å². The molecule has 6 heterocycles. The second-order valence-electron chi connectivity index (χ2n) is 27.4. The lowest BCUT2D eigenvalue weighted by Gasteiger charge is -2.35. The molecular formula is C77H112N16O4S2. The molecule has 2 saturated heterocycles. The number of piperazine rings is 2. The molecule has 0 spiro atoms. The van der Waals surface area contributed by atoms with Gasteiger partial charge in [-0.1, -0.05) is 148 Å². The molecule has 20 nitrogen and oxygen atoms in total. The molecule has 2 aliphatic heterocycles. The van der Waals surface area contributed by atoms with Crippen LogP contribution in [0.25, 0.3) is 0 Å². The molecule has 4 fully saturated rings. The van der Waals surface area contributed by atoms with Gasteiger partial charge in [-0.2, -0.15) is 10.2 Å². The summed E-state index contributed by atoms with van der Waals surface area (Å²) in [5.41, 5.74) is 3.51. The minimum absolute atomic E-state index is 0.0978. The Kier molecular flexibility index (Phi) is 32.1. The first-order valence-electron chi connectivity index (χ1n) is 37.7. The van der Waals surface area contributed by atoms with Crippen molar-refractivity contribution in [3.63, 3.8) is 0 Å². The Morgan fingerprint density at radius 2 is 0.778 bits per heavy atom. The van der Waals surface area contributed by atoms with E-state index < -0.39 is 0 Å². The van der Waals surface area contributed by atoms with E-state index in [4.69, 9.17) is 19.9 Å². The summed E-state index contributed by atoms with van der Waals surface area (Å²) >= 11 is 2.95. The van der Waals surface area contributed by atoms with Crippen LogP contribution in [0.15, 0.2) is 105 Å². The fourth-order valence-corrected chi connectivity index (χ4v) is 13.9. The van der Waals surface area contributed by atoms with E-state index in [2.05, 4.69) is 77.5 Å². The van der Waals surface area contributed by atoms with Crippen LogP contribution in [0.1, 0.15) is 224 Å². The number of aromatic amines is 2. The predicted octanol–water partition coefficient (Wildman–Crippen LogP) is 17.9. The van der Waals surface area contributed by atoms with Gasteiger partial charge in [0.15, 0.2) is 21.9 Å². The van der Waals surface area contributed by atoms with Crippen molar-refractivity contribution in [3.8, 4) is 0 Å². The van der Waals surface area contributed by atoms with Crippen LogP contribution >= 0.6 is 23.5 Å². The highest BCUT2D eigenvalue weighted by Gasteiger charge is 2.31. The van der Waals surface area contributed by atoms with Crippen molar-refractivity contribution in [1.82, 2.24) is 50.1 Å². The van der Waals surface area contributed by atoms with Gasteiger partial charge in [-0.3, -0.25) is 29.4 Å². The first kappa shape index (κ1) is 75.7. The molecular weight excluding hydrogens is 1280 g/mol. The fraction of sp³-hybridized carbons (Fsp3) is 0.584. The van der Waals surface area contributed by atoms with E-state index in [1.165, 1.54) is 158 Å². The molecule has 2 aromatic carbocycles. The van der Waals surface area contributed by atoms with Gasteiger partial charge in [-0.05, 0) is 150 Å². The maximum absolute atomic E-state index is 13.0. The lowest BCUT2D eigenvalue weighted by molar-refractivity contribution is -0.132. The molecule has 4 aliphatic rings. The lowest BCUT2D eigenvalue weighted by atomic mass is 10.0. The zero-order valence-corrected chi connectivity index (χ0v) is 61.4. The molecule has 22 heteroatoms. The van der Waals surface area contributed by atoms with Gasteiger partial charge in [0.1, 0.15) is 23.3 Å². The van der Waals surface area contributed by atoms with Crippen LogP contribution in [0, 0.1) is 25.7 Å². The van der Waals surface area contributed by atoms with Gasteiger partial charge in [0.2, 0.25) is 23.6 Å². The molecule has 0 unspecified atom stereocenters. The number of hydrogen-bond donors (Lipinski definition) is 6. The fourth-order valence-electron chi connectivity index (χ4n) is 12.3. The molecule has 0 bridgehead atoms. The first-order chi connectivity index (χ1) is 48.4. The van der Waals surface area contributed by atoms with E-state index in [9.17, 15) is 19.2 Å². The number of amides is 4. The normalized spacial score (nSPS) is 14.7. The zero-order valence-electron chi connectivity index (χ0n) is 59.7. The summed E-state index contributed by atoms with van der Waals surface area (Å²) in [4.78, 5) is 80.2. The smallest absolute Gasteiger partial charge is 0.227 e. The minimum Gasteiger partial charge on any atom is -0.353 e. The average Bonchev–Trinajstić information content (AvgIpc) is 1.78. The SMILES string of the molecule is CCCCCCCC/C=C/CCCCCCCC(=O)N1CCN(c2cc(Nc3cc(C)[nH]n3)nc(Sc3ccc(NC(=O)C4CC4)cc3)n2)CC1.CCCCCCCCCCCCCCC(=O)N1CCN(c2cc(Nc3cc(C)[nH]n3)nc(Sc3ccc(NC(=O)C4CC4)cc3)n2)CC1. The number of unbranched alkanes of at least 4 members (excludes halogenated alkanes) is 22. The number of carbonyl (C=O) groups excluding carboxylic acids is 4. The predicted molar refractivity (Wildman–Crippen MR) is 404 cm³/mol. The number of hydrogen-bond acceptors (Lipinski definition) is 16. The van der Waals surface area contributed by atoms with Crippen molar-refractivity contribution in [2.75, 3.05) is 83.4 Å². The van der Waals surface area contributed by atoms with Crippen LogP contribution < -0.4 is 31.1 Å². The summed E-state index contributed by atoms with van der Waals surface area (Å²) in [5.74, 6) is 5.40. The summed E-state index contributed by atoms with van der Waals surface area (Å²) in [7, 11) is 0. The van der Waals surface area contributed by atoms with Gasteiger partial charge in [-0.25, -0.2) is 19.9 Å². The van der Waals surface area contributed by atoms with Gasteiger partial charge in [0.05, 0.1) is 0 Å². The van der Waals surface area contributed by atoms with Crippen molar-refractivity contribution < 1.29 is 19.2 Å². The molecule has 10 rings (SSSR count). The van der Waals surface area contributed by atoms with E-state index in [0.29, 0.717) is 72.6 Å². The van der Waals surface area contributed by atoms with Crippen molar-refractivity contribution >= 4 is 93.4 Å². The highest BCUT2D eigenvalue weighted by Crippen LogP contribution is 2.35. The summed E-state index contributed by atoms with van der Waals surface area (Å²) in [6.45, 7) is 14.1. The van der Waals surface area contributed by atoms with Gasteiger partial charge in [0.25, 0.3) is 0 Å². The van der Waals surface area contributed by atoms with E-state index in [1.54, 1.807) is 0 Å². The van der Waals surface area contributed by atoms with Gasteiger partial charge in [0, 0.05) is 134 Å². The Bertz CT molecular complexity index is 3410. The lowest BCUT2D eigenvalue weighted by Crippen LogP contribution is -2.49. The van der Waals surface area contributed by atoms with Crippen LogP contribution in [0.5, 0.6) is 0 Å². The third-order valence-corrected chi connectivity index (χ3v) is 20.4. The van der Waals surface area contributed by atoms with Crippen LogP contribution in [0.3, 0.4) is 0 Å². The quantitative estimate of drug-likeness (QED) is 0.0119. The number of nitrogens with one attached hydrogen (secondary N) is 6. The summed E-state index contributed by atoms with van der Waals surface area (Å²) < 4.78 is 0. The number of anilines is 8. The minimum atomic E-state index is 0.0978. The molecule has 2 saturated carbocycles. The highest BCUT2D eigenvalue weighted by molar-refractivity contribution is 7.99. The highest BCUT2D eigenvalue weighted by atomic mass is 32.2. The van der Waals surface area contributed by atoms with E-state index >= 15 is 0 Å². The third-order valence-electron chi connectivity index (χ3n) is 18.7. The first-order valence-corrected chi connectivity index (χ1v) is 39.3. The second kappa shape index (κ2) is 42.0. The molecule has 99 heavy (non-hydrogen) atoms. The van der Waals surface area contributed by atoms with Crippen LogP contribution in [0.2, 0.25) is 0 Å². The molecule has 0 radical (unpaired) electrons. The average molecular weight is 1390 g/mol. The number of benzene rings is 2. The maximum atomic E-state index is 13.0. The number of nitrogens with zero attached hydrogens (tertiary/aromatic N) is 10. The zero-order chi connectivity index (χ0) is 69.2. The Balaban J connectivity index is 0.000000232.